The van der Waals surface area contributed by atoms with Gasteiger partial charge in [-0.05, 0) is 25.5 Å². The predicted octanol–water partition coefficient (Wildman–Crippen LogP) is 4.44. The second kappa shape index (κ2) is 6.28. The van der Waals surface area contributed by atoms with Crippen LogP contribution in [0.3, 0.4) is 0 Å². The Hall–Kier alpha value is -3.18. The van der Waals surface area contributed by atoms with Crippen LogP contribution in [0.1, 0.15) is 24.1 Å². The molecule has 26 heavy (non-hydrogen) atoms. The predicted molar refractivity (Wildman–Crippen MR) is 101 cm³/mol. The smallest absolute Gasteiger partial charge is 0.202 e. The molecule has 2 aromatic carbocycles. The van der Waals surface area contributed by atoms with E-state index < -0.39 is 0 Å². The van der Waals surface area contributed by atoms with Gasteiger partial charge in [0, 0.05) is 17.2 Å². The van der Waals surface area contributed by atoms with Crippen LogP contribution in [0.2, 0.25) is 0 Å². The van der Waals surface area contributed by atoms with E-state index in [1.54, 1.807) is 0 Å². The molecule has 0 aliphatic heterocycles. The number of aromatic nitrogens is 1. The SMILES string of the molecule is Cc1cc([C@@H](C)N)c2oc(-c3ccccc3)c(-c3cocn3)c(=O)c2c1. The van der Waals surface area contributed by atoms with Crippen LogP contribution in [0, 0.1) is 6.92 Å². The number of rotatable bonds is 3. The van der Waals surface area contributed by atoms with Gasteiger partial charge in [-0.25, -0.2) is 4.98 Å². The fourth-order valence-corrected chi connectivity index (χ4v) is 3.17. The summed E-state index contributed by atoms with van der Waals surface area (Å²) in [6.45, 7) is 3.81. The maximum Gasteiger partial charge on any atom is 0.202 e. The van der Waals surface area contributed by atoms with Gasteiger partial charge in [0.2, 0.25) is 5.43 Å². The van der Waals surface area contributed by atoms with Crippen molar-refractivity contribution in [2.45, 2.75) is 19.9 Å². The molecule has 0 saturated heterocycles. The highest BCUT2D eigenvalue weighted by atomic mass is 16.3. The minimum Gasteiger partial charge on any atom is -0.455 e. The molecule has 0 amide bonds. The largest absolute Gasteiger partial charge is 0.455 e. The molecule has 0 radical (unpaired) electrons. The summed E-state index contributed by atoms with van der Waals surface area (Å²) < 4.78 is 11.4. The maximum atomic E-state index is 13.4. The number of hydrogen-bond acceptors (Lipinski definition) is 5. The van der Waals surface area contributed by atoms with Gasteiger partial charge >= 0.3 is 0 Å². The summed E-state index contributed by atoms with van der Waals surface area (Å²) in [5.41, 5.74) is 9.89. The van der Waals surface area contributed by atoms with Crippen molar-refractivity contribution in [1.29, 1.82) is 0 Å². The van der Waals surface area contributed by atoms with Gasteiger partial charge in [0.15, 0.2) is 6.39 Å². The molecule has 4 aromatic rings. The van der Waals surface area contributed by atoms with Crippen molar-refractivity contribution < 1.29 is 8.83 Å². The standard InChI is InChI=1S/C21H18N2O3/c1-12-8-15(13(2)22)21-16(9-12)19(24)18(17-10-25-11-23-17)20(26-21)14-6-4-3-5-7-14/h3-11,13H,22H2,1-2H3/t13-/m1/s1. The van der Waals surface area contributed by atoms with Gasteiger partial charge < -0.3 is 14.6 Å². The summed E-state index contributed by atoms with van der Waals surface area (Å²) in [7, 11) is 0. The second-order valence-electron chi connectivity index (χ2n) is 6.39. The second-order valence-corrected chi connectivity index (χ2v) is 6.39. The summed E-state index contributed by atoms with van der Waals surface area (Å²) in [6, 6.07) is 13.0. The number of benzene rings is 2. The molecule has 1 atom stereocenters. The monoisotopic (exact) mass is 346 g/mol. The zero-order chi connectivity index (χ0) is 18.3. The van der Waals surface area contributed by atoms with Crippen LogP contribution in [-0.4, -0.2) is 4.98 Å². The molecule has 0 aliphatic carbocycles. The van der Waals surface area contributed by atoms with Crippen LogP contribution in [0.4, 0.5) is 0 Å². The van der Waals surface area contributed by atoms with E-state index in [9.17, 15) is 4.79 Å². The maximum absolute atomic E-state index is 13.4. The Morgan fingerprint density at radius 1 is 1.15 bits per heavy atom. The molecule has 0 aliphatic rings. The van der Waals surface area contributed by atoms with Gasteiger partial charge in [-0.2, -0.15) is 0 Å². The molecule has 0 spiro atoms. The highest BCUT2D eigenvalue weighted by molar-refractivity contribution is 5.90. The quantitative estimate of drug-likeness (QED) is 0.593. The third-order valence-corrected chi connectivity index (χ3v) is 4.38. The number of fused-ring (bicyclic) bond motifs is 1. The summed E-state index contributed by atoms with van der Waals surface area (Å²) in [4.78, 5) is 17.5. The highest BCUT2D eigenvalue weighted by Gasteiger charge is 2.22. The molecule has 2 heterocycles. The van der Waals surface area contributed by atoms with Gasteiger partial charge in [-0.15, -0.1) is 0 Å². The highest BCUT2D eigenvalue weighted by Crippen LogP contribution is 2.34. The topological polar surface area (TPSA) is 82.3 Å². The molecule has 0 fully saturated rings. The fraction of sp³-hybridized carbons (Fsp3) is 0.143. The first-order valence-electron chi connectivity index (χ1n) is 8.37. The molecular weight excluding hydrogens is 328 g/mol. The summed E-state index contributed by atoms with van der Waals surface area (Å²) in [6.07, 6.45) is 2.75. The van der Waals surface area contributed by atoms with Crippen molar-refractivity contribution in [2.24, 2.45) is 5.73 Å². The minimum absolute atomic E-state index is 0.149. The summed E-state index contributed by atoms with van der Waals surface area (Å²) in [5, 5.41) is 0.495. The first kappa shape index (κ1) is 16.3. The zero-order valence-electron chi connectivity index (χ0n) is 14.5. The summed E-state index contributed by atoms with van der Waals surface area (Å²) in [5.74, 6) is 0.461. The Balaban J connectivity index is 2.18. The van der Waals surface area contributed by atoms with Crippen LogP contribution in [-0.2, 0) is 0 Å². The molecule has 0 saturated carbocycles. The Morgan fingerprint density at radius 2 is 1.92 bits per heavy atom. The normalized spacial score (nSPS) is 12.4. The fourth-order valence-electron chi connectivity index (χ4n) is 3.17. The van der Waals surface area contributed by atoms with Gasteiger partial charge in [0.05, 0.1) is 10.9 Å². The zero-order valence-corrected chi connectivity index (χ0v) is 14.5. The van der Waals surface area contributed by atoms with Crippen LogP contribution in [0.5, 0.6) is 0 Å². The molecule has 5 nitrogen and oxygen atoms in total. The lowest BCUT2D eigenvalue weighted by atomic mass is 9.98. The molecule has 5 heteroatoms. The molecule has 4 rings (SSSR count). The van der Waals surface area contributed by atoms with Crippen molar-refractivity contribution in [3.8, 4) is 22.6 Å². The number of nitrogens with zero attached hydrogens (tertiary/aromatic N) is 1. The van der Waals surface area contributed by atoms with Crippen LogP contribution in [0.15, 0.2) is 68.8 Å². The van der Waals surface area contributed by atoms with Crippen molar-refractivity contribution in [3.05, 3.63) is 76.5 Å². The number of oxazole rings is 1. The van der Waals surface area contributed by atoms with E-state index in [-0.39, 0.29) is 11.5 Å². The van der Waals surface area contributed by atoms with Gasteiger partial charge in [0.1, 0.15) is 23.3 Å². The lowest BCUT2D eigenvalue weighted by Crippen LogP contribution is -2.12. The van der Waals surface area contributed by atoms with Crippen molar-refractivity contribution >= 4 is 11.0 Å². The first-order valence-corrected chi connectivity index (χ1v) is 8.37. The molecule has 2 N–H and O–H groups in total. The Kier molecular flexibility index (Phi) is 3.93. The van der Waals surface area contributed by atoms with Crippen LogP contribution < -0.4 is 11.2 Å². The van der Waals surface area contributed by atoms with Gasteiger partial charge in [-0.3, -0.25) is 4.79 Å². The molecule has 130 valence electrons. The molecule has 0 unspecified atom stereocenters. The average molecular weight is 346 g/mol. The van der Waals surface area contributed by atoms with Crippen molar-refractivity contribution in [3.63, 3.8) is 0 Å². The van der Waals surface area contributed by atoms with E-state index in [4.69, 9.17) is 14.6 Å². The van der Waals surface area contributed by atoms with E-state index in [1.165, 1.54) is 12.7 Å². The first-order chi connectivity index (χ1) is 12.6. The molecule has 2 aromatic heterocycles. The summed E-state index contributed by atoms with van der Waals surface area (Å²) >= 11 is 0. The third-order valence-electron chi connectivity index (χ3n) is 4.38. The lowest BCUT2D eigenvalue weighted by molar-refractivity contribution is 0.558. The van der Waals surface area contributed by atoms with Crippen molar-refractivity contribution in [2.75, 3.05) is 0 Å². The van der Waals surface area contributed by atoms with Crippen LogP contribution >= 0.6 is 0 Å². The molecule has 0 bridgehead atoms. The van der Waals surface area contributed by atoms with Crippen LogP contribution in [0.25, 0.3) is 33.6 Å². The lowest BCUT2D eigenvalue weighted by Gasteiger charge is -2.14. The third kappa shape index (κ3) is 2.62. The van der Waals surface area contributed by atoms with Gasteiger partial charge in [0.25, 0.3) is 0 Å². The minimum atomic E-state index is -0.262. The van der Waals surface area contributed by atoms with E-state index in [0.717, 1.165) is 16.7 Å². The Labute approximate surface area is 150 Å². The van der Waals surface area contributed by atoms with E-state index in [1.807, 2.05) is 56.3 Å². The van der Waals surface area contributed by atoms with Crippen molar-refractivity contribution in [1.82, 2.24) is 4.98 Å². The Morgan fingerprint density at radius 3 is 2.58 bits per heavy atom. The number of nitrogens with two attached hydrogens (primary N) is 1. The molecular formula is C21H18N2O3. The van der Waals surface area contributed by atoms with E-state index in [2.05, 4.69) is 4.98 Å². The number of hydrogen-bond donors (Lipinski definition) is 1. The Bertz CT molecular complexity index is 1130. The number of aryl methyl sites for hydroxylation is 1. The average Bonchev–Trinajstić information content (AvgIpc) is 3.16. The van der Waals surface area contributed by atoms with E-state index in [0.29, 0.717) is 28.0 Å². The van der Waals surface area contributed by atoms with Gasteiger partial charge in [-0.1, -0.05) is 36.4 Å². The van der Waals surface area contributed by atoms with E-state index >= 15 is 0 Å².